The van der Waals surface area contributed by atoms with Gasteiger partial charge in [-0.05, 0) is 24.3 Å². The number of nitro benzene ring substituents is 1. The molecule has 2 aromatic rings. The van der Waals surface area contributed by atoms with Crippen LogP contribution in [0.1, 0.15) is 22.3 Å². The monoisotopic (exact) mass is 374 g/mol. The van der Waals surface area contributed by atoms with Gasteiger partial charge in [-0.15, -0.1) is 0 Å². The summed E-state index contributed by atoms with van der Waals surface area (Å²) < 4.78 is 13.4. The van der Waals surface area contributed by atoms with Crippen molar-refractivity contribution in [2.45, 2.75) is 6.42 Å². The molecule has 0 heterocycles. The number of halogens is 1. The smallest absolute Gasteiger partial charge is 0.311 e. The maximum absolute atomic E-state index is 13.4. The van der Waals surface area contributed by atoms with Crippen LogP contribution in [0, 0.1) is 15.9 Å². The lowest BCUT2D eigenvalue weighted by Crippen LogP contribution is -2.29. The van der Waals surface area contributed by atoms with E-state index in [2.05, 4.69) is 15.8 Å². The number of phenolic OH excluding ortho intramolecular Hbond substituents is 1. The molecule has 0 bridgehead atoms. The molecule has 0 aliphatic carbocycles. The highest BCUT2D eigenvalue weighted by molar-refractivity contribution is 5.94. The molecule has 10 heteroatoms. The normalized spacial score (nSPS) is 10.6. The Balaban J connectivity index is 1.80. The Kier molecular flexibility index (Phi) is 6.53. The third-order valence-corrected chi connectivity index (χ3v) is 3.36. The number of nitrogens with zero attached hydrogens (tertiary/aromatic N) is 2. The van der Waals surface area contributed by atoms with Crippen LogP contribution in [0.15, 0.2) is 47.6 Å². The number of hydrogen-bond acceptors (Lipinski definition) is 6. The molecule has 0 unspecified atom stereocenters. The van der Waals surface area contributed by atoms with E-state index in [1.807, 2.05) is 0 Å². The van der Waals surface area contributed by atoms with Gasteiger partial charge >= 0.3 is 5.69 Å². The second-order valence-corrected chi connectivity index (χ2v) is 5.28. The Morgan fingerprint density at radius 1 is 1.26 bits per heavy atom. The number of carbonyl (C=O) groups is 2. The zero-order valence-corrected chi connectivity index (χ0v) is 13.9. The molecule has 2 amide bonds. The van der Waals surface area contributed by atoms with E-state index >= 15 is 0 Å². The lowest BCUT2D eigenvalue weighted by molar-refractivity contribution is -0.385. The zero-order chi connectivity index (χ0) is 19.8. The van der Waals surface area contributed by atoms with E-state index in [1.54, 1.807) is 0 Å². The lowest BCUT2D eigenvalue weighted by atomic mass is 10.2. The lowest BCUT2D eigenvalue weighted by Gasteiger charge is -2.05. The van der Waals surface area contributed by atoms with Crippen molar-refractivity contribution in [3.05, 3.63) is 69.5 Å². The van der Waals surface area contributed by atoms with Crippen LogP contribution in [0.25, 0.3) is 0 Å². The van der Waals surface area contributed by atoms with Gasteiger partial charge in [0.25, 0.3) is 5.91 Å². The molecule has 9 nitrogen and oxygen atoms in total. The average molecular weight is 374 g/mol. The fourth-order valence-electron chi connectivity index (χ4n) is 2.03. The molecule has 140 valence electrons. The van der Waals surface area contributed by atoms with Crippen LogP contribution in [-0.2, 0) is 4.79 Å². The minimum absolute atomic E-state index is 0.0286. The molecule has 0 radical (unpaired) electrons. The molecule has 2 aromatic carbocycles. The van der Waals surface area contributed by atoms with Crippen LogP contribution in [0.5, 0.6) is 5.75 Å². The van der Waals surface area contributed by atoms with Crippen molar-refractivity contribution >= 4 is 23.7 Å². The number of hydrazone groups is 1. The molecule has 0 fully saturated rings. The van der Waals surface area contributed by atoms with Gasteiger partial charge < -0.3 is 10.4 Å². The SMILES string of the molecule is O=C(CCNC(=O)c1ccccc1F)NN=Cc1ccc(O)c([N+](=O)[O-])c1. The minimum atomic E-state index is -0.747. The Labute approximate surface area is 152 Å². The van der Waals surface area contributed by atoms with E-state index in [0.29, 0.717) is 5.56 Å². The van der Waals surface area contributed by atoms with E-state index in [4.69, 9.17) is 0 Å². The topological polar surface area (TPSA) is 134 Å². The van der Waals surface area contributed by atoms with Gasteiger partial charge in [-0.2, -0.15) is 5.10 Å². The molecule has 0 saturated heterocycles. The van der Waals surface area contributed by atoms with Crippen molar-refractivity contribution in [2.24, 2.45) is 5.10 Å². The highest BCUT2D eigenvalue weighted by Crippen LogP contribution is 2.25. The first-order valence-electron chi connectivity index (χ1n) is 7.70. The van der Waals surface area contributed by atoms with E-state index in [-0.39, 0.29) is 18.5 Å². The minimum Gasteiger partial charge on any atom is -0.502 e. The first-order valence-corrected chi connectivity index (χ1v) is 7.70. The summed E-state index contributed by atoms with van der Waals surface area (Å²) in [4.78, 5) is 33.4. The Hall–Kier alpha value is -3.82. The largest absolute Gasteiger partial charge is 0.502 e. The van der Waals surface area contributed by atoms with Crippen molar-refractivity contribution in [1.29, 1.82) is 0 Å². The number of benzene rings is 2. The van der Waals surface area contributed by atoms with E-state index in [0.717, 1.165) is 18.2 Å². The van der Waals surface area contributed by atoms with Crippen molar-refractivity contribution < 1.29 is 24.0 Å². The third-order valence-electron chi connectivity index (χ3n) is 3.36. The molecule has 0 aliphatic heterocycles. The van der Waals surface area contributed by atoms with Gasteiger partial charge in [0.15, 0.2) is 5.75 Å². The number of rotatable bonds is 7. The standard InChI is InChI=1S/C17H15FN4O5/c18-13-4-2-1-3-12(13)17(25)19-8-7-16(24)21-20-10-11-5-6-15(23)14(9-11)22(26)27/h1-6,9-10,23H,7-8H2,(H,19,25)(H,21,24). The average Bonchev–Trinajstić information content (AvgIpc) is 2.63. The first-order chi connectivity index (χ1) is 12.9. The molecule has 0 atom stereocenters. The van der Waals surface area contributed by atoms with Crippen molar-refractivity contribution in [3.8, 4) is 5.75 Å². The molecular formula is C17H15FN4O5. The summed E-state index contributed by atoms with van der Waals surface area (Å²) in [7, 11) is 0. The van der Waals surface area contributed by atoms with Gasteiger partial charge in [0.2, 0.25) is 5.91 Å². The summed E-state index contributed by atoms with van der Waals surface area (Å²) >= 11 is 0. The van der Waals surface area contributed by atoms with Gasteiger partial charge in [0.05, 0.1) is 16.7 Å². The van der Waals surface area contributed by atoms with Crippen LogP contribution in [-0.4, -0.2) is 34.6 Å². The summed E-state index contributed by atoms with van der Waals surface area (Å²) in [5, 5.41) is 26.1. The highest BCUT2D eigenvalue weighted by atomic mass is 19.1. The van der Waals surface area contributed by atoms with Crippen LogP contribution < -0.4 is 10.7 Å². The number of amides is 2. The van der Waals surface area contributed by atoms with Crippen LogP contribution >= 0.6 is 0 Å². The number of carbonyl (C=O) groups excluding carboxylic acids is 2. The zero-order valence-electron chi connectivity index (χ0n) is 13.9. The third kappa shape index (κ3) is 5.59. The molecule has 2 rings (SSSR count). The summed E-state index contributed by atoms with van der Waals surface area (Å²) in [6.45, 7) is -0.0286. The van der Waals surface area contributed by atoms with E-state index in [9.17, 15) is 29.2 Å². The summed E-state index contributed by atoms with van der Waals surface area (Å²) in [6, 6.07) is 9.08. The molecule has 0 aliphatic rings. The molecule has 27 heavy (non-hydrogen) atoms. The quantitative estimate of drug-likeness (QED) is 0.385. The van der Waals surface area contributed by atoms with Crippen molar-refractivity contribution in [1.82, 2.24) is 10.7 Å². The summed E-state index contributed by atoms with van der Waals surface area (Å²) in [5.41, 5.74) is 1.89. The van der Waals surface area contributed by atoms with Crippen molar-refractivity contribution in [2.75, 3.05) is 6.54 Å². The predicted octanol–water partition coefficient (Wildman–Crippen LogP) is 1.71. The maximum atomic E-state index is 13.4. The number of hydrogen-bond donors (Lipinski definition) is 3. The highest BCUT2D eigenvalue weighted by Gasteiger charge is 2.13. The van der Waals surface area contributed by atoms with Crippen molar-refractivity contribution in [3.63, 3.8) is 0 Å². The second kappa shape index (κ2) is 9.04. The molecule has 3 N–H and O–H groups in total. The fourth-order valence-corrected chi connectivity index (χ4v) is 2.03. The van der Waals surface area contributed by atoms with Crippen LogP contribution in [0.2, 0.25) is 0 Å². The Bertz CT molecular complexity index is 901. The second-order valence-electron chi connectivity index (χ2n) is 5.28. The van der Waals surface area contributed by atoms with Gasteiger partial charge in [0, 0.05) is 24.6 Å². The van der Waals surface area contributed by atoms with Gasteiger partial charge in [-0.1, -0.05) is 12.1 Å². The fraction of sp³-hybridized carbons (Fsp3) is 0.118. The van der Waals surface area contributed by atoms with E-state index < -0.39 is 34.0 Å². The summed E-state index contributed by atoms with van der Waals surface area (Å²) in [5.74, 6) is -2.30. The van der Waals surface area contributed by atoms with Gasteiger partial charge in [-0.3, -0.25) is 19.7 Å². The molecular weight excluding hydrogens is 359 g/mol. The number of aromatic hydroxyl groups is 1. The number of nitrogens with one attached hydrogen (secondary N) is 2. The predicted molar refractivity (Wildman–Crippen MR) is 93.8 cm³/mol. The Morgan fingerprint density at radius 3 is 2.70 bits per heavy atom. The van der Waals surface area contributed by atoms with Gasteiger partial charge in [0.1, 0.15) is 5.82 Å². The number of phenols is 1. The molecule has 0 aromatic heterocycles. The Morgan fingerprint density at radius 2 is 2.00 bits per heavy atom. The molecule has 0 spiro atoms. The van der Waals surface area contributed by atoms with Crippen LogP contribution in [0.3, 0.4) is 0 Å². The number of nitro groups is 1. The van der Waals surface area contributed by atoms with Gasteiger partial charge in [-0.25, -0.2) is 9.82 Å². The maximum Gasteiger partial charge on any atom is 0.311 e. The molecule has 0 saturated carbocycles. The summed E-state index contributed by atoms with van der Waals surface area (Å²) in [6.07, 6.45) is 1.07. The van der Waals surface area contributed by atoms with E-state index in [1.165, 1.54) is 30.5 Å². The van der Waals surface area contributed by atoms with Crippen LogP contribution in [0.4, 0.5) is 10.1 Å². The first kappa shape index (κ1) is 19.5.